The highest BCUT2D eigenvalue weighted by Gasteiger charge is 2.16. The van der Waals surface area contributed by atoms with E-state index in [2.05, 4.69) is 15.0 Å². The molecular weight excluding hydrogens is 410 g/mol. The third-order valence-electron chi connectivity index (χ3n) is 4.14. The van der Waals surface area contributed by atoms with Crippen LogP contribution in [0.25, 0.3) is 11.3 Å². The molecule has 0 bridgehead atoms. The molecular formula is C20H21N3O4S2. The van der Waals surface area contributed by atoms with E-state index in [0.717, 1.165) is 21.9 Å². The number of rotatable bonds is 7. The Morgan fingerprint density at radius 2 is 1.76 bits per heavy atom. The number of anilines is 1. The number of nitrogens with one attached hydrogen (secondary N) is 2. The molecule has 0 aliphatic rings. The van der Waals surface area contributed by atoms with Crippen molar-refractivity contribution in [2.45, 2.75) is 18.7 Å². The average molecular weight is 432 g/mol. The standard InChI is InChI=1S/C20H21N3O4S2/c1-4-21-29(25,26)17-11-7-15(8-12-17)19(24)23-20-22-18(13(2)28-20)14-5-9-16(27-3)10-6-14/h5-12,21H,4H2,1-3H3,(H,22,23,24). The molecule has 1 heterocycles. The summed E-state index contributed by atoms with van der Waals surface area (Å²) in [6.07, 6.45) is 0. The van der Waals surface area contributed by atoms with Crippen LogP contribution in [0.1, 0.15) is 22.2 Å². The van der Waals surface area contributed by atoms with Gasteiger partial charge in [0.05, 0.1) is 17.7 Å². The minimum absolute atomic E-state index is 0.114. The van der Waals surface area contributed by atoms with Gasteiger partial charge >= 0.3 is 0 Å². The molecule has 0 aliphatic carbocycles. The lowest BCUT2D eigenvalue weighted by atomic mass is 10.1. The van der Waals surface area contributed by atoms with Gasteiger partial charge in [-0.1, -0.05) is 6.92 Å². The smallest absolute Gasteiger partial charge is 0.257 e. The van der Waals surface area contributed by atoms with Gasteiger partial charge < -0.3 is 4.74 Å². The summed E-state index contributed by atoms with van der Waals surface area (Å²) in [5.41, 5.74) is 2.07. The largest absolute Gasteiger partial charge is 0.497 e. The molecule has 0 fully saturated rings. The molecule has 1 amide bonds. The third-order valence-corrected chi connectivity index (χ3v) is 6.59. The normalized spacial score (nSPS) is 11.3. The summed E-state index contributed by atoms with van der Waals surface area (Å²) >= 11 is 1.38. The number of ether oxygens (including phenoxy) is 1. The Labute approximate surface area is 173 Å². The molecule has 29 heavy (non-hydrogen) atoms. The Kier molecular flexibility index (Phi) is 6.31. The first kappa shape index (κ1) is 21.0. The first-order chi connectivity index (χ1) is 13.8. The Balaban J connectivity index is 1.75. The highest BCUT2D eigenvalue weighted by molar-refractivity contribution is 7.89. The van der Waals surface area contributed by atoms with Gasteiger partial charge in [-0.05, 0) is 55.5 Å². The number of thiazole rings is 1. The van der Waals surface area contributed by atoms with Crippen molar-refractivity contribution in [3.05, 3.63) is 59.0 Å². The van der Waals surface area contributed by atoms with Crippen molar-refractivity contribution < 1.29 is 17.9 Å². The maximum Gasteiger partial charge on any atom is 0.257 e. The van der Waals surface area contributed by atoms with E-state index in [4.69, 9.17) is 4.74 Å². The number of hydrogen-bond donors (Lipinski definition) is 2. The van der Waals surface area contributed by atoms with Gasteiger partial charge in [0.1, 0.15) is 5.75 Å². The fourth-order valence-electron chi connectivity index (χ4n) is 2.69. The molecule has 3 aromatic rings. The lowest BCUT2D eigenvalue weighted by molar-refractivity contribution is 0.102. The topological polar surface area (TPSA) is 97.4 Å². The second-order valence-corrected chi connectivity index (χ2v) is 9.10. The maximum atomic E-state index is 12.5. The van der Waals surface area contributed by atoms with Crippen LogP contribution >= 0.6 is 11.3 Å². The fourth-order valence-corrected chi connectivity index (χ4v) is 4.57. The zero-order chi connectivity index (χ0) is 21.0. The van der Waals surface area contributed by atoms with Crippen LogP contribution in [-0.2, 0) is 10.0 Å². The zero-order valence-electron chi connectivity index (χ0n) is 16.2. The maximum absolute atomic E-state index is 12.5. The third kappa shape index (κ3) is 4.81. The number of amides is 1. The summed E-state index contributed by atoms with van der Waals surface area (Å²) in [6.45, 7) is 3.94. The van der Waals surface area contributed by atoms with E-state index in [-0.39, 0.29) is 10.8 Å². The molecule has 3 rings (SSSR count). The number of aryl methyl sites for hydroxylation is 1. The van der Waals surface area contributed by atoms with Crippen molar-refractivity contribution in [3.63, 3.8) is 0 Å². The van der Waals surface area contributed by atoms with E-state index in [1.54, 1.807) is 14.0 Å². The van der Waals surface area contributed by atoms with Crippen LogP contribution in [0.2, 0.25) is 0 Å². The predicted molar refractivity (Wildman–Crippen MR) is 114 cm³/mol. The van der Waals surface area contributed by atoms with Gasteiger partial charge in [0, 0.05) is 22.5 Å². The fraction of sp³-hybridized carbons (Fsp3) is 0.200. The molecule has 0 radical (unpaired) electrons. The molecule has 0 saturated carbocycles. The van der Waals surface area contributed by atoms with E-state index >= 15 is 0 Å². The van der Waals surface area contributed by atoms with Crippen LogP contribution in [0.5, 0.6) is 5.75 Å². The molecule has 0 unspecified atom stereocenters. The molecule has 2 aromatic carbocycles. The quantitative estimate of drug-likeness (QED) is 0.595. The number of nitrogens with zero attached hydrogens (tertiary/aromatic N) is 1. The zero-order valence-corrected chi connectivity index (χ0v) is 17.9. The molecule has 0 spiro atoms. The Hall–Kier alpha value is -2.75. The average Bonchev–Trinajstić information content (AvgIpc) is 3.08. The van der Waals surface area contributed by atoms with E-state index in [1.807, 2.05) is 31.2 Å². The first-order valence-electron chi connectivity index (χ1n) is 8.87. The summed E-state index contributed by atoms with van der Waals surface area (Å²) in [6, 6.07) is 13.3. The molecule has 0 atom stereocenters. The minimum Gasteiger partial charge on any atom is -0.497 e. The highest BCUT2D eigenvalue weighted by atomic mass is 32.2. The lowest BCUT2D eigenvalue weighted by Gasteiger charge is -2.06. The van der Waals surface area contributed by atoms with Crippen molar-refractivity contribution in [2.75, 3.05) is 19.0 Å². The van der Waals surface area contributed by atoms with Crippen LogP contribution in [0.3, 0.4) is 0 Å². The Bertz CT molecular complexity index is 1110. The molecule has 1 aromatic heterocycles. The molecule has 152 valence electrons. The van der Waals surface area contributed by atoms with Gasteiger partial charge in [-0.3, -0.25) is 10.1 Å². The van der Waals surface area contributed by atoms with Crippen molar-refractivity contribution in [2.24, 2.45) is 0 Å². The second kappa shape index (κ2) is 8.73. The molecule has 7 nitrogen and oxygen atoms in total. The number of aromatic nitrogens is 1. The van der Waals surface area contributed by atoms with Crippen LogP contribution in [0, 0.1) is 6.92 Å². The lowest BCUT2D eigenvalue weighted by Crippen LogP contribution is -2.23. The van der Waals surface area contributed by atoms with Gasteiger partial charge in [-0.2, -0.15) is 0 Å². The van der Waals surface area contributed by atoms with Crippen LogP contribution in [-0.4, -0.2) is 33.0 Å². The van der Waals surface area contributed by atoms with Crippen molar-refractivity contribution in [1.29, 1.82) is 0 Å². The van der Waals surface area contributed by atoms with Crippen molar-refractivity contribution in [1.82, 2.24) is 9.71 Å². The monoisotopic (exact) mass is 431 g/mol. The van der Waals surface area contributed by atoms with Gasteiger partial charge in [0.25, 0.3) is 5.91 Å². The summed E-state index contributed by atoms with van der Waals surface area (Å²) in [7, 11) is -1.94. The SMILES string of the molecule is CCNS(=O)(=O)c1ccc(C(=O)Nc2nc(-c3ccc(OC)cc3)c(C)s2)cc1. The number of carbonyl (C=O) groups excluding carboxylic acids is 1. The highest BCUT2D eigenvalue weighted by Crippen LogP contribution is 2.31. The molecule has 0 saturated heterocycles. The Morgan fingerprint density at radius 3 is 2.34 bits per heavy atom. The Morgan fingerprint density at radius 1 is 1.10 bits per heavy atom. The van der Waals surface area contributed by atoms with Crippen LogP contribution in [0.4, 0.5) is 5.13 Å². The number of methoxy groups -OCH3 is 1. The molecule has 0 aliphatic heterocycles. The number of sulfonamides is 1. The summed E-state index contributed by atoms with van der Waals surface area (Å²) in [5, 5.41) is 3.25. The molecule has 9 heteroatoms. The summed E-state index contributed by atoms with van der Waals surface area (Å²) < 4.78 is 31.6. The number of benzene rings is 2. The van der Waals surface area contributed by atoms with Crippen molar-refractivity contribution >= 4 is 32.4 Å². The predicted octanol–water partition coefficient (Wildman–Crippen LogP) is 3.68. The molecule has 2 N–H and O–H groups in total. The van der Waals surface area contributed by atoms with E-state index in [9.17, 15) is 13.2 Å². The first-order valence-corrected chi connectivity index (χ1v) is 11.2. The minimum atomic E-state index is -3.55. The van der Waals surface area contributed by atoms with E-state index in [1.165, 1.54) is 35.6 Å². The second-order valence-electron chi connectivity index (χ2n) is 6.13. The van der Waals surface area contributed by atoms with Gasteiger partial charge in [-0.15, -0.1) is 11.3 Å². The van der Waals surface area contributed by atoms with Gasteiger partial charge in [0.2, 0.25) is 10.0 Å². The number of carbonyl (C=O) groups is 1. The summed E-state index contributed by atoms with van der Waals surface area (Å²) in [4.78, 5) is 18.1. The summed E-state index contributed by atoms with van der Waals surface area (Å²) in [5.74, 6) is 0.405. The van der Waals surface area contributed by atoms with Gasteiger partial charge in [0.15, 0.2) is 5.13 Å². The van der Waals surface area contributed by atoms with Crippen LogP contribution in [0.15, 0.2) is 53.4 Å². The van der Waals surface area contributed by atoms with Gasteiger partial charge in [-0.25, -0.2) is 18.1 Å². The van der Waals surface area contributed by atoms with Crippen molar-refractivity contribution in [3.8, 4) is 17.0 Å². The van der Waals surface area contributed by atoms with E-state index < -0.39 is 10.0 Å². The van der Waals surface area contributed by atoms with Crippen LogP contribution < -0.4 is 14.8 Å². The number of hydrogen-bond acceptors (Lipinski definition) is 6. The van der Waals surface area contributed by atoms with E-state index in [0.29, 0.717) is 17.2 Å².